The lowest BCUT2D eigenvalue weighted by Gasteiger charge is -2.45. The van der Waals surface area contributed by atoms with Crippen LogP contribution in [-0.2, 0) is 5.41 Å². The van der Waals surface area contributed by atoms with Crippen LogP contribution in [0.1, 0.15) is 84.1 Å². The van der Waals surface area contributed by atoms with Crippen LogP contribution < -0.4 is 0 Å². The second-order valence-corrected chi connectivity index (χ2v) is 9.93. The zero-order valence-electron chi connectivity index (χ0n) is 19.1. The summed E-state index contributed by atoms with van der Waals surface area (Å²) in [5.74, 6) is 2.71. The fourth-order valence-corrected chi connectivity index (χ4v) is 6.19. The normalized spacial score (nSPS) is 23.4. The van der Waals surface area contributed by atoms with Gasteiger partial charge in [0.1, 0.15) is 0 Å². The summed E-state index contributed by atoms with van der Waals surface area (Å²) in [6.45, 7) is 10.7. The third-order valence-corrected chi connectivity index (χ3v) is 8.19. The van der Waals surface area contributed by atoms with E-state index in [1.54, 1.807) is 0 Å². The molecular weight excluding hydrogens is 352 g/mol. The van der Waals surface area contributed by atoms with E-state index in [1.807, 2.05) is 0 Å². The molecule has 160 valence electrons. The van der Waals surface area contributed by atoms with Crippen LogP contribution in [-0.4, -0.2) is 24.5 Å². The van der Waals surface area contributed by atoms with Gasteiger partial charge in [-0.1, -0.05) is 76.8 Å². The molecule has 2 fully saturated rings. The Morgan fingerprint density at radius 3 is 2.17 bits per heavy atom. The molecule has 0 amide bonds. The predicted molar refractivity (Wildman–Crippen MR) is 123 cm³/mol. The van der Waals surface area contributed by atoms with Gasteiger partial charge >= 0.3 is 0 Å². The Hall–Kier alpha value is -1.33. The first-order chi connectivity index (χ1) is 14.1. The number of hydrogen-bond donors (Lipinski definition) is 0. The fourth-order valence-electron chi connectivity index (χ4n) is 6.19. The largest absolute Gasteiger partial charge is 0.303 e. The number of benzene rings is 1. The SMILES string of the molecule is CCC(C)CC(CC)CN1CCC(C(C#N)(c2ccccc2)C2CCCC2)CC1. The summed E-state index contributed by atoms with van der Waals surface area (Å²) < 4.78 is 0. The van der Waals surface area contributed by atoms with Crippen LogP contribution in [0.5, 0.6) is 0 Å². The van der Waals surface area contributed by atoms with Crippen molar-refractivity contribution in [3.63, 3.8) is 0 Å². The molecule has 2 aliphatic rings. The molecular formula is C27H42N2. The number of likely N-dealkylation sites (tertiary alicyclic amines) is 1. The van der Waals surface area contributed by atoms with E-state index >= 15 is 0 Å². The van der Waals surface area contributed by atoms with Crippen LogP contribution in [0.3, 0.4) is 0 Å². The summed E-state index contributed by atoms with van der Waals surface area (Å²) in [6, 6.07) is 13.7. The molecule has 29 heavy (non-hydrogen) atoms. The highest BCUT2D eigenvalue weighted by atomic mass is 15.1. The van der Waals surface area contributed by atoms with Crippen LogP contribution in [0.15, 0.2) is 30.3 Å². The third kappa shape index (κ3) is 5.05. The minimum absolute atomic E-state index is 0.273. The van der Waals surface area contributed by atoms with E-state index in [0.29, 0.717) is 11.8 Å². The van der Waals surface area contributed by atoms with Crippen molar-refractivity contribution in [1.82, 2.24) is 4.90 Å². The summed E-state index contributed by atoms with van der Waals surface area (Å²) in [7, 11) is 0. The molecule has 1 aliphatic heterocycles. The maximum Gasteiger partial charge on any atom is 0.0879 e. The number of piperidine rings is 1. The van der Waals surface area contributed by atoms with Gasteiger partial charge in [-0.05, 0) is 74.4 Å². The third-order valence-electron chi connectivity index (χ3n) is 8.19. The molecule has 1 aromatic rings. The Morgan fingerprint density at radius 2 is 1.62 bits per heavy atom. The molecule has 1 saturated heterocycles. The molecule has 3 rings (SSSR count). The second-order valence-electron chi connectivity index (χ2n) is 9.93. The topological polar surface area (TPSA) is 27.0 Å². The summed E-state index contributed by atoms with van der Waals surface area (Å²) in [5.41, 5.74) is 1.01. The maximum absolute atomic E-state index is 10.6. The van der Waals surface area contributed by atoms with Gasteiger partial charge in [0.25, 0.3) is 0 Å². The number of hydrogen-bond acceptors (Lipinski definition) is 2. The van der Waals surface area contributed by atoms with Gasteiger partial charge < -0.3 is 4.90 Å². The zero-order valence-corrected chi connectivity index (χ0v) is 19.1. The first-order valence-electron chi connectivity index (χ1n) is 12.3. The fraction of sp³-hybridized carbons (Fsp3) is 0.741. The lowest BCUT2D eigenvalue weighted by molar-refractivity contribution is 0.103. The monoisotopic (exact) mass is 394 g/mol. The quantitative estimate of drug-likeness (QED) is 0.460. The molecule has 1 saturated carbocycles. The van der Waals surface area contributed by atoms with Gasteiger partial charge in [0, 0.05) is 6.54 Å². The first kappa shape index (κ1) is 22.4. The zero-order chi connectivity index (χ0) is 20.7. The van der Waals surface area contributed by atoms with Gasteiger partial charge in [0.05, 0.1) is 11.5 Å². The van der Waals surface area contributed by atoms with Crippen molar-refractivity contribution in [2.75, 3.05) is 19.6 Å². The number of nitriles is 1. The van der Waals surface area contributed by atoms with Crippen molar-refractivity contribution in [2.24, 2.45) is 23.7 Å². The number of nitrogens with zero attached hydrogens (tertiary/aromatic N) is 2. The van der Waals surface area contributed by atoms with Gasteiger partial charge in [-0.3, -0.25) is 0 Å². The Balaban J connectivity index is 1.70. The molecule has 0 bridgehead atoms. The molecule has 2 nitrogen and oxygen atoms in total. The standard InChI is InChI=1S/C27H42N2/c1-4-22(3)19-23(5-2)20-29-17-15-26(16-18-29)27(21-28,25-13-9-10-14-25)24-11-7-6-8-12-24/h6-8,11-12,22-23,25-26H,4-5,9-10,13-20H2,1-3H3. The maximum atomic E-state index is 10.6. The van der Waals surface area contributed by atoms with Crippen molar-refractivity contribution in [2.45, 2.75) is 84.0 Å². The molecule has 3 unspecified atom stereocenters. The highest BCUT2D eigenvalue weighted by Crippen LogP contribution is 2.49. The van der Waals surface area contributed by atoms with Gasteiger partial charge in [-0.25, -0.2) is 0 Å². The van der Waals surface area contributed by atoms with E-state index in [2.05, 4.69) is 62.1 Å². The van der Waals surface area contributed by atoms with Crippen LogP contribution in [0, 0.1) is 35.0 Å². The van der Waals surface area contributed by atoms with Gasteiger partial charge in [-0.15, -0.1) is 0 Å². The molecule has 0 aromatic heterocycles. The van der Waals surface area contributed by atoms with Crippen LogP contribution >= 0.6 is 0 Å². The molecule has 2 heteroatoms. The molecule has 0 spiro atoms. The van der Waals surface area contributed by atoms with E-state index in [9.17, 15) is 5.26 Å². The lowest BCUT2D eigenvalue weighted by Crippen LogP contribution is -2.47. The first-order valence-corrected chi connectivity index (χ1v) is 12.3. The van der Waals surface area contributed by atoms with Crippen molar-refractivity contribution in [3.8, 4) is 6.07 Å². The Bertz CT molecular complexity index is 634. The van der Waals surface area contributed by atoms with E-state index in [4.69, 9.17) is 0 Å². The number of rotatable bonds is 9. The van der Waals surface area contributed by atoms with Crippen molar-refractivity contribution in [1.29, 1.82) is 5.26 Å². The minimum Gasteiger partial charge on any atom is -0.303 e. The molecule has 0 radical (unpaired) electrons. The van der Waals surface area contributed by atoms with E-state index in [1.165, 1.54) is 83.0 Å². The predicted octanol–water partition coefficient (Wildman–Crippen LogP) is 6.81. The molecule has 1 aromatic carbocycles. The smallest absolute Gasteiger partial charge is 0.0879 e. The van der Waals surface area contributed by atoms with Gasteiger partial charge in [-0.2, -0.15) is 5.26 Å². The average Bonchev–Trinajstić information content (AvgIpc) is 3.31. The average molecular weight is 395 g/mol. The molecule has 3 atom stereocenters. The van der Waals surface area contributed by atoms with Crippen LogP contribution in [0.4, 0.5) is 0 Å². The Labute approximate surface area is 179 Å². The lowest BCUT2D eigenvalue weighted by atomic mass is 9.60. The van der Waals surface area contributed by atoms with E-state index < -0.39 is 0 Å². The highest BCUT2D eigenvalue weighted by Gasteiger charge is 2.48. The summed E-state index contributed by atoms with van der Waals surface area (Å²) in [4.78, 5) is 2.70. The van der Waals surface area contributed by atoms with Crippen molar-refractivity contribution < 1.29 is 0 Å². The summed E-state index contributed by atoms with van der Waals surface area (Å²) in [6.07, 6.45) is 11.4. The highest BCUT2D eigenvalue weighted by molar-refractivity contribution is 5.35. The van der Waals surface area contributed by atoms with E-state index in [-0.39, 0.29) is 5.41 Å². The molecule has 1 heterocycles. The van der Waals surface area contributed by atoms with Crippen LogP contribution in [0.25, 0.3) is 0 Å². The Morgan fingerprint density at radius 1 is 1.00 bits per heavy atom. The van der Waals surface area contributed by atoms with Crippen molar-refractivity contribution >= 4 is 0 Å². The van der Waals surface area contributed by atoms with Crippen molar-refractivity contribution in [3.05, 3.63) is 35.9 Å². The van der Waals surface area contributed by atoms with E-state index in [0.717, 1.165) is 11.8 Å². The van der Waals surface area contributed by atoms with Crippen LogP contribution in [0.2, 0.25) is 0 Å². The Kier molecular flexibility index (Phi) is 8.19. The summed E-state index contributed by atoms with van der Waals surface area (Å²) >= 11 is 0. The van der Waals surface area contributed by atoms with Gasteiger partial charge in [0.2, 0.25) is 0 Å². The molecule has 1 aliphatic carbocycles. The minimum atomic E-state index is -0.273. The van der Waals surface area contributed by atoms with Gasteiger partial charge in [0.15, 0.2) is 0 Å². The molecule has 0 N–H and O–H groups in total. The summed E-state index contributed by atoms with van der Waals surface area (Å²) in [5, 5.41) is 10.6. The second kappa shape index (κ2) is 10.6.